The molecule has 1 aliphatic heterocycles. The maximum absolute atomic E-state index is 15.3. The lowest BCUT2D eigenvalue weighted by Crippen LogP contribution is -2.48. The number of aromatic nitrogens is 1. The molecule has 85 heavy (non-hydrogen) atoms. The summed E-state index contributed by atoms with van der Waals surface area (Å²) in [6, 6.07) is 45.6. The topological polar surface area (TPSA) is 175 Å². The van der Waals surface area contributed by atoms with E-state index in [1.54, 1.807) is 68.8 Å². The van der Waals surface area contributed by atoms with Gasteiger partial charge in [-0.1, -0.05) is 122 Å². The molecule has 0 saturated carbocycles. The Kier molecular flexibility index (Phi) is 23.0. The van der Waals surface area contributed by atoms with Gasteiger partial charge in [0.15, 0.2) is 0 Å². The number of hydrogen-bond donors (Lipinski definition) is 2. The van der Waals surface area contributed by atoms with E-state index in [4.69, 9.17) is 38.0 Å². The fraction of sp³-hybridized carbons (Fsp3) is 0.308. The van der Waals surface area contributed by atoms with Crippen molar-refractivity contribution in [2.24, 2.45) is 4.99 Å². The Bertz CT molecular complexity index is 3390. The molecule has 0 fully saturated rings. The summed E-state index contributed by atoms with van der Waals surface area (Å²) in [6.07, 6.45) is -5.32. The number of carbonyl (C=O) groups is 3. The summed E-state index contributed by atoms with van der Waals surface area (Å²) in [7, 11) is 1.00. The number of nitrogens with zero attached hydrogens (tertiary/aromatic N) is 4. The molecule has 5 aromatic carbocycles. The molecule has 5 aromatic rings. The monoisotopic (exact) mass is 1180 g/mol. The van der Waals surface area contributed by atoms with Gasteiger partial charge < -0.3 is 42.2 Å². The van der Waals surface area contributed by atoms with Crippen LogP contribution in [-0.4, -0.2) is 110 Å². The predicted octanol–water partition coefficient (Wildman–Crippen LogP) is 12.1. The first-order valence-electron chi connectivity index (χ1n) is 27.6. The Morgan fingerprint density at radius 3 is 1.94 bits per heavy atom. The van der Waals surface area contributed by atoms with Crippen LogP contribution in [0.1, 0.15) is 57.2 Å². The van der Waals surface area contributed by atoms with Crippen LogP contribution >= 0.6 is 8.53 Å². The van der Waals surface area contributed by atoms with Gasteiger partial charge in [0.2, 0.25) is 0 Å². The molecular formula is C65H71F3N6O10P+. The van der Waals surface area contributed by atoms with Crippen LogP contribution < -0.4 is 25.4 Å². The van der Waals surface area contributed by atoms with Crippen molar-refractivity contribution in [2.75, 3.05) is 59.1 Å². The fourth-order valence-corrected chi connectivity index (χ4v) is 11.7. The molecule has 16 nitrogen and oxygen atoms in total. The van der Waals surface area contributed by atoms with Crippen LogP contribution in [0, 0.1) is 6.07 Å². The lowest BCUT2D eigenvalue weighted by atomic mass is 9.80. The van der Waals surface area contributed by atoms with E-state index in [2.05, 4.69) is 29.5 Å². The van der Waals surface area contributed by atoms with E-state index in [1.807, 2.05) is 128 Å². The SMILES string of the molecule is C=CCOC(=O)N=c1ccc2c3ccc(NC(=O)OCC=C)cc3c(-c3ccccc3)n(CCCN(CC(COC(c3ccccc3)(c3ccc(OC)cc3)c3ccc(OC)cc3)OP(OCCC#[NH+])N(C(C)C)C(C)C)C(=O)C(F)(F)F)c-2c1. The highest BCUT2D eigenvalue weighted by Gasteiger charge is 2.45. The van der Waals surface area contributed by atoms with Gasteiger partial charge in [-0.25, -0.2) is 14.3 Å². The molecule has 2 N–H and O–H groups in total. The van der Waals surface area contributed by atoms with Gasteiger partial charge in [0.25, 0.3) is 14.6 Å². The largest absolute Gasteiger partial charge is 0.497 e. The molecule has 2 atom stereocenters. The zero-order valence-corrected chi connectivity index (χ0v) is 49.4. The summed E-state index contributed by atoms with van der Waals surface area (Å²) in [5.74, 6) is -0.962. The first-order valence-corrected chi connectivity index (χ1v) is 28.7. The van der Waals surface area contributed by atoms with E-state index in [0.717, 1.165) is 10.3 Å². The van der Waals surface area contributed by atoms with Crippen LogP contribution in [0.4, 0.5) is 28.4 Å². The maximum Gasteiger partial charge on any atom is 0.471 e. The van der Waals surface area contributed by atoms with Crippen LogP contribution in [0.25, 0.3) is 33.3 Å². The van der Waals surface area contributed by atoms with Crippen molar-refractivity contribution in [3.05, 3.63) is 193 Å². The Hall–Kier alpha value is -8.37. The minimum Gasteiger partial charge on any atom is -0.497 e. The molecule has 3 amide bonds. The van der Waals surface area contributed by atoms with Crippen LogP contribution in [-0.2, 0) is 40.2 Å². The summed E-state index contributed by atoms with van der Waals surface area (Å²) in [6.45, 7) is 13.4. The predicted molar refractivity (Wildman–Crippen MR) is 321 cm³/mol. The maximum atomic E-state index is 15.3. The summed E-state index contributed by atoms with van der Waals surface area (Å²) in [4.78, 5) is 44.9. The Morgan fingerprint density at radius 2 is 1.36 bits per heavy atom. The number of anilines is 1. The van der Waals surface area contributed by atoms with Gasteiger partial charge in [-0.15, -0.1) is 5.26 Å². The van der Waals surface area contributed by atoms with Crippen molar-refractivity contribution in [1.82, 2.24) is 14.1 Å². The summed E-state index contributed by atoms with van der Waals surface area (Å²) >= 11 is 0. The molecule has 0 saturated heterocycles. The third-order valence-corrected chi connectivity index (χ3v) is 15.8. The van der Waals surface area contributed by atoms with Crippen LogP contribution in [0.2, 0.25) is 0 Å². The highest BCUT2D eigenvalue weighted by Crippen LogP contribution is 2.49. The zero-order valence-electron chi connectivity index (χ0n) is 48.5. The lowest BCUT2D eigenvalue weighted by molar-refractivity contribution is -0.187. The van der Waals surface area contributed by atoms with E-state index in [1.165, 1.54) is 12.2 Å². The van der Waals surface area contributed by atoms with E-state index in [-0.39, 0.29) is 56.6 Å². The zero-order chi connectivity index (χ0) is 61.1. The summed E-state index contributed by atoms with van der Waals surface area (Å²) in [5.41, 5.74) is 3.42. The second-order valence-electron chi connectivity index (χ2n) is 20.0. The second-order valence-corrected chi connectivity index (χ2v) is 21.4. The number of nitrogens with one attached hydrogen (secondary N) is 2. The first-order chi connectivity index (χ1) is 40.9. The number of halogens is 3. The average molecular weight is 1180 g/mol. The molecule has 0 aromatic heterocycles. The van der Waals surface area contributed by atoms with Crippen LogP contribution in [0.3, 0.4) is 0 Å². The van der Waals surface area contributed by atoms with Gasteiger partial charge in [0.05, 0.1) is 44.2 Å². The van der Waals surface area contributed by atoms with Crippen molar-refractivity contribution in [3.63, 3.8) is 0 Å². The fourth-order valence-electron chi connectivity index (χ4n) is 10.0. The molecule has 1 aliphatic carbocycles. The number of ether oxygens (including phenoxy) is 5. The quantitative estimate of drug-likeness (QED) is 0.0157. The third-order valence-electron chi connectivity index (χ3n) is 13.6. The number of hydrogen-bond acceptors (Lipinski definition) is 11. The molecule has 446 valence electrons. The van der Waals surface area contributed by atoms with Gasteiger partial charge in [-0.05, 0) is 110 Å². The standard InChI is InChI=1S/C65H70F3N6O10P/c1-9-38-80-62(76)70-51-27-33-56-57-34-28-52(71-63(77)81-39-10-2)42-59(57)73(60(58(56)41-51)47-19-13-11-14-20-47)37-18-36-72(61(75)65(66,67)68)43-55(84-85(83-40-17-35-69)74(45(3)4)46(5)6)44-82-64(48-21-15-12-16-22-48,49-23-29-53(78-7)30-24-49)50-25-31-54(79-8)32-26-50/h9-16,19-34,41-42,45-46,55H,1-2,17-18,36-40,43-44H2,3-8H3,(H,70,76)/p+1. The Morgan fingerprint density at radius 1 is 0.765 bits per heavy atom. The van der Waals surface area contributed by atoms with E-state index in [0.29, 0.717) is 61.8 Å². The van der Waals surface area contributed by atoms with Gasteiger partial charge in [0.1, 0.15) is 42.8 Å². The van der Waals surface area contributed by atoms with Gasteiger partial charge in [-0.2, -0.15) is 18.2 Å². The van der Waals surface area contributed by atoms with Gasteiger partial charge >= 0.3 is 24.3 Å². The van der Waals surface area contributed by atoms with Crippen LogP contribution in [0.15, 0.2) is 176 Å². The molecule has 7 rings (SSSR count). The number of methoxy groups -OCH3 is 2. The minimum atomic E-state index is -5.33. The van der Waals surface area contributed by atoms with Crippen molar-refractivity contribution in [3.8, 4) is 40.1 Å². The molecule has 0 spiro atoms. The van der Waals surface area contributed by atoms with E-state index < -0.39 is 64.2 Å². The number of benzene rings is 6. The summed E-state index contributed by atoms with van der Waals surface area (Å²) < 4.78 is 92.1. The normalized spacial score (nSPS) is 12.7. The van der Waals surface area contributed by atoms with Gasteiger partial charge in [-0.3, -0.25) is 10.1 Å². The number of fused-ring (bicyclic) bond motifs is 3. The number of pyridine rings is 1. The smallest absolute Gasteiger partial charge is 0.471 e. The number of carbonyl (C=O) groups excluding carboxylic acids is 3. The van der Waals surface area contributed by atoms with Crippen molar-refractivity contribution >= 4 is 43.1 Å². The summed E-state index contributed by atoms with van der Waals surface area (Å²) in [5, 5.41) is 12.0. The van der Waals surface area contributed by atoms with Crippen molar-refractivity contribution in [1.29, 1.82) is 0 Å². The number of rotatable bonds is 28. The Labute approximate surface area is 495 Å². The molecular weight excluding hydrogens is 1110 g/mol. The highest BCUT2D eigenvalue weighted by molar-refractivity contribution is 7.44. The molecule has 2 unspecified atom stereocenters. The minimum absolute atomic E-state index is 0.000201. The second kappa shape index (κ2) is 30.4. The van der Waals surface area contributed by atoms with Crippen LogP contribution in [0.5, 0.6) is 11.5 Å². The molecule has 2 aliphatic rings. The van der Waals surface area contributed by atoms with E-state index in [9.17, 15) is 14.4 Å². The van der Waals surface area contributed by atoms with Crippen molar-refractivity contribution in [2.45, 2.75) is 77.0 Å². The molecule has 1 heterocycles. The molecule has 20 heteroatoms. The van der Waals surface area contributed by atoms with E-state index >= 15 is 13.2 Å². The first kappa shape index (κ1) is 64.2. The number of alkyl halides is 3. The average Bonchev–Trinajstić information content (AvgIpc) is 1.27. The number of amides is 3. The van der Waals surface area contributed by atoms with Crippen molar-refractivity contribution < 1.29 is 65.5 Å². The van der Waals surface area contributed by atoms with Gasteiger partial charge in [0, 0.05) is 48.4 Å². The molecule has 0 radical (unpaired) electrons. The Balaban J connectivity index is 1.39. The molecule has 0 bridgehead atoms. The highest BCUT2D eigenvalue weighted by atomic mass is 31.2. The third kappa shape index (κ3) is 16.3. The lowest BCUT2D eigenvalue weighted by Gasteiger charge is -2.40.